The summed E-state index contributed by atoms with van der Waals surface area (Å²) in [6, 6.07) is 4.50. The zero-order valence-electron chi connectivity index (χ0n) is 8.99. The van der Waals surface area contributed by atoms with Crippen LogP contribution in [0.15, 0.2) is 33.6 Å². The molecule has 0 saturated heterocycles. The first-order chi connectivity index (χ1) is 7.31. The molecule has 0 bridgehead atoms. The van der Waals surface area contributed by atoms with Crippen LogP contribution in [0.5, 0.6) is 0 Å². The van der Waals surface area contributed by atoms with Crippen molar-refractivity contribution in [1.82, 2.24) is 5.32 Å². The van der Waals surface area contributed by atoms with E-state index in [9.17, 15) is 0 Å². The Balaban J connectivity index is 2.27. The van der Waals surface area contributed by atoms with E-state index in [-0.39, 0.29) is 6.04 Å². The molecule has 0 fully saturated rings. The van der Waals surface area contributed by atoms with E-state index >= 15 is 0 Å². The van der Waals surface area contributed by atoms with Gasteiger partial charge in [-0.15, -0.1) is 0 Å². The Morgan fingerprint density at radius 2 is 2.33 bits per heavy atom. The summed E-state index contributed by atoms with van der Waals surface area (Å²) < 4.78 is 5.35. The van der Waals surface area contributed by atoms with Gasteiger partial charge in [0.2, 0.25) is 0 Å². The summed E-state index contributed by atoms with van der Waals surface area (Å²) in [5.74, 6) is 0.961. The summed E-state index contributed by atoms with van der Waals surface area (Å²) in [6.07, 6.45) is 1.83. The van der Waals surface area contributed by atoms with Crippen LogP contribution >= 0.6 is 11.3 Å². The Morgan fingerprint density at radius 1 is 1.47 bits per heavy atom. The van der Waals surface area contributed by atoms with Crippen molar-refractivity contribution in [3.8, 4) is 0 Å². The summed E-state index contributed by atoms with van der Waals surface area (Å²) in [6.45, 7) is 5.04. The molecule has 1 N–H and O–H groups in total. The molecule has 0 aromatic carbocycles. The van der Waals surface area contributed by atoms with Gasteiger partial charge in [0.25, 0.3) is 0 Å². The fourth-order valence-corrected chi connectivity index (χ4v) is 2.37. The van der Waals surface area contributed by atoms with E-state index in [0.717, 1.165) is 12.3 Å². The predicted molar refractivity (Wildman–Crippen MR) is 63.3 cm³/mol. The van der Waals surface area contributed by atoms with Crippen LogP contribution in [0, 0.1) is 6.92 Å². The number of furan rings is 1. The molecule has 80 valence electrons. The molecule has 0 spiro atoms. The molecule has 0 radical (unpaired) electrons. The van der Waals surface area contributed by atoms with Gasteiger partial charge in [0.15, 0.2) is 0 Å². The topological polar surface area (TPSA) is 25.2 Å². The fraction of sp³-hybridized carbons (Fsp3) is 0.333. The van der Waals surface area contributed by atoms with Crippen LogP contribution in [0.25, 0.3) is 0 Å². The number of nitrogens with one attached hydrogen (secondary N) is 1. The number of thiophene rings is 1. The minimum absolute atomic E-state index is 0.263. The van der Waals surface area contributed by atoms with Crippen molar-refractivity contribution in [1.29, 1.82) is 0 Å². The monoisotopic (exact) mass is 221 g/mol. The van der Waals surface area contributed by atoms with Gasteiger partial charge in [-0.05, 0) is 41.9 Å². The zero-order valence-corrected chi connectivity index (χ0v) is 9.80. The summed E-state index contributed by atoms with van der Waals surface area (Å²) in [5.41, 5.74) is 2.51. The quantitative estimate of drug-likeness (QED) is 0.856. The van der Waals surface area contributed by atoms with Crippen molar-refractivity contribution >= 4 is 11.3 Å². The SMILES string of the molecule is CCNC(c1ccsc1)c1coc(C)c1. The highest BCUT2D eigenvalue weighted by Crippen LogP contribution is 2.25. The molecule has 3 heteroatoms. The lowest BCUT2D eigenvalue weighted by atomic mass is 10.0. The number of hydrogen-bond acceptors (Lipinski definition) is 3. The molecule has 0 amide bonds. The van der Waals surface area contributed by atoms with Crippen molar-refractivity contribution in [3.63, 3.8) is 0 Å². The van der Waals surface area contributed by atoms with E-state index in [2.05, 4.69) is 35.1 Å². The normalized spacial score (nSPS) is 12.9. The molecule has 2 heterocycles. The molecule has 2 aromatic heterocycles. The minimum atomic E-state index is 0.263. The lowest BCUT2D eigenvalue weighted by Gasteiger charge is -2.14. The average Bonchev–Trinajstić information content (AvgIpc) is 2.85. The predicted octanol–water partition coefficient (Wildman–Crippen LogP) is 3.35. The Morgan fingerprint density at radius 3 is 2.87 bits per heavy atom. The highest BCUT2D eigenvalue weighted by molar-refractivity contribution is 7.08. The largest absolute Gasteiger partial charge is 0.469 e. The van der Waals surface area contributed by atoms with E-state index in [1.54, 1.807) is 11.3 Å². The molecule has 0 aliphatic carbocycles. The molecule has 0 aliphatic heterocycles. The van der Waals surface area contributed by atoms with Gasteiger partial charge >= 0.3 is 0 Å². The number of aryl methyl sites for hydroxylation is 1. The van der Waals surface area contributed by atoms with Crippen LogP contribution in [0.3, 0.4) is 0 Å². The van der Waals surface area contributed by atoms with Crippen LogP contribution < -0.4 is 5.32 Å². The lowest BCUT2D eigenvalue weighted by Crippen LogP contribution is -2.20. The maximum absolute atomic E-state index is 5.35. The van der Waals surface area contributed by atoms with E-state index in [0.29, 0.717) is 0 Å². The summed E-state index contributed by atoms with van der Waals surface area (Å²) >= 11 is 1.72. The Bertz CT molecular complexity index is 405. The minimum Gasteiger partial charge on any atom is -0.469 e. The third-order valence-corrected chi connectivity index (χ3v) is 3.07. The smallest absolute Gasteiger partial charge is 0.101 e. The van der Waals surface area contributed by atoms with Crippen molar-refractivity contribution < 1.29 is 4.42 Å². The molecule has 0 saturated carbocycles. The van der Waals surface area contributed by atoms with Crippen LogP contribution in [-0.4, -0.2) is 6.54 Å². The van der Waals surface area contributed by atoms with E-state index < -0.39 is 0 Å². The van der Waals surface area contributed by atoms with Gasteiger partial charge in [0.1, 0.15) is 5.76 Å². The number of rotatable bonds is 4. The van der Waals surface area contributed by atoms with E-state index in [1.807, 2.05) is 13.2 Å². The highest BCUT2D eigenvalue weighted by atomic mass is 32.1. The first-order valence-corrected chi connectivity index (χ1v) is 6.06. The molecule has 2 rings (SSSR count). The lowest BCUT2D eigenvalue weighted by molar-refractivity contribution is 0.526. The van der Waals surface area contributed by atoms with Gasteiger partial charge in [-0.2, -0.15) is 11.3 Å². The zero-order chi connectivity index (χ0) is 10.7. The maximum atomic E-state index is 5.35. The molecule has 2 aromatic rings. The highest BCUT2D eigenvalue weighted by Gasteiger charge is 2.14. The molecular formula is C12H15NOS. The Hall–Kier alpha value is -1.06. The third-order valence-electron chi connectivity index (χ3n) is 2.37. The van der Waals surface area contributed by atoms with E-state index in [4.69, 9.17) is 4.42 Å². The Kier molecular flexibility index (Phi) is 3.23. The van der Waals surface area contributed by atoms with Gasteiger partial charge < -0.3 is 9.73 Å². The summed E-state index contributed by atoms with van der Waals surface area (Å²) in [7, 11) is 0. The van der Waals surface area contributed by atoms with E-state index in [1.165, 1.54) is 11.1 Å². The third kappa shape index (κ3) is 2.30. The summed E-state index contributed by atoms with van der Waals surface area (Å²) in [4.78, 5) is 0. The van der Waals surface area contributed by atoms with Crippen molar-refractivity contribution in [2.45, 2.75) is 19.9 Å². The van der Waals surface area contributed by atoms with Crippen LogP contribution in [0.4, 0.5) is 0 Å². The average molecular weight is 221 g/mol. The molecule has 0 aliphatic rings. The molecule has 1 unspecified atom stereocenters. The molecule has 1 atom stereocenters. The van der Waals surface area contributed by atoms with Crippen LogP contribution in [0.1, 0.15) is 29.9 Å². The van der Waals surface area contributed by atoms with Gasteiger partial charge in [-0.3, -0.25) is 0 Å². The van der Waals surface area contributed by atoms with Crippen LogP contribution in [-0.2, 0) is 0 Å². The van der Waals surface area contributed by atoms with Gasteiger partial charge in [0, 0.05) is 5.56 Å². The molecule has 15 heavy (non-hydrogen) atoms. The fourth-order valence-electron chi connectivity index (χ4n) is 1.69. The first-order valence-electron chi connectivity index (χ1n) is 5.11. The molecule has 2 nitrogen and oxygen atoms in total. The second kappa shape index (κ2) is 4.64. The van der Waals surface area contributed by atoms with Gasteiger partial charge in [-0.25, -0.2) is 0 Å². The maximum Gasteiger partial charge on any atom is 0.101 e. The molecular weight excluding hydrogens is 206 g/mol. The van der Waals surface area contributed by atoms with Crippen LogP contribution in [0.2, 0.25) is 0 Å². The second-order valence-corrected chi connectivity index (χ2v) is 4.32. The summed E-state index contributed by atoms with van der Waals surface area (Å²) in [5, 5.41) is 7.74. The Labute approximate surface area is 93.9 Å². The standard InChI is InChI=1S/C12H15NOS/c1-3-13-12(10-4-5-15-8-10)11-6-9(2)14-7-11/h4-8,12-13H,3H2,1-2H3. The van der Waals surface area contributed by atoms with Gasteiger partial charge in [-0.1, -0.05) is 6.92 Å². The van der Waals surface area contributed by atoms with Gasteiger partial charge in [0.05, 0.1) is 12.3 Å². The van der Waals surface area contributed by atoms with Crippen molar-refractivity contribution in [2.75, 3.05) is 6.54 Å². The number of hydrogen-bond donors (Lipinski definition) is 1. The van der Waals surface area contributed by atoms with Crippen molar-refractivity contribution in [2.24, 2.45) is 0 Å². The first kappa shape index (κ1) is 10.5. The second-order valence-electron chi connectivity index (χ2n) is 3.54. The van der Waals surface area contributed by atoms with Crippen molar-refractivity contribution in [3.05, 3.63) is 46.0 Å².